The maximum atomic E-state index is 15.0. The molecule has 0 radical (unpaired) electrons. The molecule has 3 heterocycles. The number of rotatable bonds is 5. The number of nitrogens with one attached hydrogen (secondary N) is 1. The maximum Gasteiger partial charge on any atom is 0.396 e. The second kappa shape index (κ2) is 7.78. The molecule has 2 unspecified atom stereocenters. The van der Waals surface area contributed by atoms with Crippen LogP contribution >= 0.6 is 0 Å². The van der Waals surface area contributed by atoms with Gasteiger partial charge in [-0.25, -0.2) is 22.7 Å². The maximum absolute atomic E-state index is 15.0. The van der Waals surface area contributed by atoms with E-state index < -0.39 is 71.1 Å². The number of anilines is 1. The normalized spacial score (nSPS) is 26.1. The fraction of sp³-hybridized carbons (Fsp3) is 0.632. The molecular formula is C19H20F6N4O3. The summed E-state index contributed by atoms with van der Waals surface area (Å²) in [5, 5.41) is 6.86. The fourth-order valence-corrected chi connectivity index (χ4v) is 3.92. The third-order valence-electron chi connectivity index (χ3n) is 5.71. The number of ether oxygens (including phenoxy) is 2. The molecule has 1 saturated carbocycles. The van der Waals surface area contributed by atoms with Crippen molar-refractivity contribution in [3.8, 4) is 0 Å². The molecular weight excluding hydrogens is 446 g/mol. The Labute approximate surface area is 178 Å². The Morgan fingerprint density at radius 2 is 2.09 bits per heavy atom. The quantitative estimate of drug-likeness (QED) is 0.534. The SMILES string of the molecule is CC(=O)O[C@@H]1COCC[C@H]1Nc1ncc2c(F)c(C3CC3(F)F)c(C(C)C(F)(F)F)n2n1. The molecule has 2 aliphatic rings. The van der Waals surface area contributed by atoms with Gasteiger partial charge in [0.25, 0.3) is 5.92 Å². The summed E-state index contributed by atoms with van der Waals surface area (Å²) in [4.78, 5) is 15.2. The van der Waals surface area contributed by atoms with E-state index in [1.807, 2.05) is 0 Å². The van der Waals surface area contributed by atoms with E-state index in [9.17, 15) is 31.1 Å². The molecule has 0 bridgehead atoms. The average molecular weight is 466 g/mol. The summed E-state index contributed by atoms with van der Waals surface area (Å²) < 4.78 is 94.1. The predicted molar refractivity (Wildman–Crippen MR) is 98.1 cm³/mol. The zero-order chi connectivity index (χ0) is 23.4. The molecule has 176 valence electrons. The Balaban J connectivity index is 1.75. The lowest BCUT2D eigenvalue weighted by Gasteiger charge is -2.31. The van der Waals surface area contributed by atoms with Crippen LogP contribution < -0.4 is 5.32 Å². The highest BCUT2D eigenvalue weighted by Gasteiger charge is 2.61. The summed E-state index contributed by atoms with van der Waals surface area (Å²) in [6.45, 7) is 2.41. The number of nitrogens with zero attached hydrogens (tertiary/aromatic N) is 3. The van der Waals surface area contributed by atoms with Gasteiger partial charge in [-0.3, -0.25) is 4.79 Å². The molecule has 0 spiro atoms. The largest absolute Gasteiger partial charge is 0.458 e. The first-order valence-corrected chi connectivity index (χ1v) is 9.93. The van der Waals surface area contributed by atoms with Gasteiger partial charge in [0, 0.05) is 25.5 Å². The zero-order valence-corrected chi connectivity index (χ0v) is 17.0. The minimum absolute atomic E-state index is 0.0922. The van der Waals surface area contributed by atoms with Crippen molar-refractivity contribution in [2.75, 3.05) is 18.5 Å². The average Bonchev–Trinajstić information content (AvgIpc) is 3.22. The predicted octanol–water partition coefficient (Wildman–Crippen LogP) is 3.79. The molecule has 1 saturated heterocycles. The molecule has 0 amide bonds. The molecule has 0 aromatic carbocycles. The monoisotopic (exact) mass is 466 g/mol. The van der Waals surface area contributed by atoms with Gasteiger partial charge in [-0.15, -0.1) is 5.10 Å². The van der Waals surface area contributed by atoms with Crippen molar-refractivity contribution in [2.45, 2.75) is 62.8 Å². The lowest BCUT2D eigenvalue weighted by molar-refractivity contribution is -0.153. The van der Waals surface area contributed by atoms with Crippen LogP contribution in [0.5, 0.6) is 0 Å². The van der Waals surface area contributed by atoms with Crippen LogP contribution in [0.2, 0.25) is 0 Å². The van der Waals surface area contributed by atoms with Gasteiger partial charge < -0.3 is 14.8 Å². The smallest absolute Gasteiger partial charge is 0.396 e. The standard InChI is InChI=1S/C19H20F6N4O3/c1-8(19(23,24)25)16-14(10-5-18(10,21)22)15(20)12-6-26-17(28-29(12)16)27-11-3-4-31-7-13(11)32-9(2)30/h6,8,10-11,13H,3-5,7H2,1-2H3,(H,27,28)/t8?,10?,11-,13-/m1/s1. The van der Waals surface area contributed by atoms with Crippen molar-refractivity contribution in [1.82, 2.24) is 14.6 Å². The third kappa shape index (κ3) is 4.09. The number of hydrogen-bond donors (Lipinski definition) is 1. The lowest BCUT2D eigenvalue weighted by atomic mass is 10.00. The minimum Gasteiger partial charge on any atom is -0.458 e. The van der Waals surface area contributed by atoms with E-state index in [1.165, 1.54) is 6.92 Å². The molecule has 1 N–H and O–H groups in total. The molecule has 2 fully saturated rings. The van der Waals surface area contributed by atoms with E-state index >= 15 is 0 Å². The van der Waals surface area contributed by atoms with Crippen LogP contribution in [0.25, 0.3) is 5.52 Å². The number of esters is 1. The third-order valence-corrected chi connectivity index (χ3v) is 5.71. The number of alkyl halides is 5. The molecule has 1 aliphatic heterocycles. The molecule has 13 heteroatoms. The minimum atomic E-state index is -4.81. The highest BCUT2D eigenvalue weighted by Crippen LogP contribution is 2.59. The molecule has 7 nitrogen and oxygen atoms in total. The topological polar surface area (TPSA) is 77.8 Å². The van der Waals surface area contributed by atoms with Gasteiger partial charge in [-0.05, 0) is 13.3 Å². The van der Waals surface area contributed by atoms with E-state index in [0.29, 0.717) is 17.5 Å². The Hall–Kier alpha value is -2.57. The molecule has 2 aromatic rings. The summed E-state index contributed by atoms with van der Waals surface area (Å²) in [6.07, 6.45) is -4.91. The van der Waals surface area contributed by atoms with Gasteiger partial charge in [0.1, 0.15) is 11.6 Å². The number of hydrogen-bond acceptors (Lipinski definition) is 6. The molecule has 1 aliphatic carbocycles. The molecule has 4 atom stereocenters. The Morgan fingerprint density at radius 3 is 2.69 bits per heavy atom. The van der Waals surface area contributed by atoms with Crippen molar-refractivity contribution in [3.63, 3.8) is 0 Å². The zero-order valence-electron chi connectivity index (χ0n) is 17.0. The van der Waals surface area contributed by atoms with Gasteiger partial charge in [0.15, 0.2) is 5.82 Å². The number of halogens is 6. The highest BCUT2D eigenvalue weighted by molar-refractivity contribution is 5.66. The Kier molecular flexibility index (Phi) is 5.50. The fourth-order valence-electron chi connectivity index (χ4n) is 3.92. The first-order chi connectivity index (χ1) is 14.9. The van der Waals surface area contributed by atoms with E-state index in [2.05, 4.69) is 15.4 Å². The van der Waals surface area contributed by atoms with Gasteiger partial charge in [0.2, 0.25) is 5.95 Å². The highest BCUT2D eigenvalue weighted by atomic mass is 19.4. The van der Waals surface area contributed by atoms with Crippen LogP contribution in [0, 0.1) is 5.82 Å². The summed E-state index contributed by atoms with van der Waals surface area (Å²) in [5.74, 6) is -9.07. The van der Waals surface area contributed by atoms with Crippen molar-refractivity contribution in [1.29, 1.82) is 0 Å². The molecule has 4 rings (SSSR count). The molecule has 2 aromatic heterocycles. The second-order valence-corrected chi connectivity index (χ2v) is 8.04. The number of carbonyl (C=O) groups excluding carboxylic acids is 1. The van der Waals surface area contributed by atoms with Crippen LogP contribution in [-0.2, 0) is 14.3 Å². The number of carbonyl (C=O) groups is 1. The second-order valence-electron chi connectivity index (χ2n) is 8.04. The summed E-state index contributed by atoms with van der Waals surface area (Å²) in [6, 6.07) is -0.513. The van der Waals surface area contributed by atoms with Gasteiger partial charge in [-0.1, -0.05) is 0 Å². The van der Waals surface area contributed by atoms with Gasteiger partial charge >= 0.3 is 12.1 Å². The van der Waals surface area contributed by atoms with Crippen LogP contribution in [0.3, 0.4) is 0 Å². The summed E-state index contributed by atoms with van der Waals surface area (Å²) in [7, 11) is 0. The van der Waals surface area contributed by atoms with E-state index in [1.54, 1.807) is 0 Å². The summed E-state index contributed by atoms with van der Waals surface area (Å²) in [5.41, 5.74) is -1.79. The van der Waals surface area contributed by atoms with Crippen molar-refractivity contribution >= 4 is 17.4 Å². The lowest BCUT2D eigenvalue weighted by Crippen LogP contribution is -2.44. The van der Waals surface area contributed by atoms with Crippen LogP contribution in [0.4, 0.5) is 32.3 Å². The van der Waals surface area contributed by atoms with Gasteiger partial charge in [0.05, 0.1) is 36.4 Å². The van der Waals surface area contributed by atoms with E-state index in [0.717, 1.165) is 13.1 Å². The Bertz CT molecular complexity index is 1040. The van der Waals surface area contributed by atoms with Crippen molar-refractivity contribution < 1.29 is 40.6 Å². The first-order valence-electron chi connectivity index (χ1n) is 9.93. The number of fused-ring (bicyclic) bond motifs is 1. The van der Waals surface area contributed by atoms with Crippen molar-refractivity contribution in [2.24, 2.45) is 0 Å². The van der Waals surface area contributed by atoms with Crippen LogP contribution in [0.15, 0.2) is 6.20 Å². The van der Waals surface area contributed by atoms with E-state index in [4.69, 9.17) is 9.47 Å². The van der Waals surface area contributed by atoms with Crippen LogP contribution in [-0.4, -0.2) is 58.0 Å². The van der Waals surface area contributed by atoms with Crippen LogP contribution in [0.1, 0.15) is 49.8 Å². The van der Waals surface area contributed by atoms with Gasteiger partial charge in [-0.2, -0.15) is 13.2 Å². The molecule has 32 heavy (non-hydrogen) atoms. The first kappa shape index (κ1) is 22.6. The van der Waals surface area contributed by atoms with Crippen molar-refractivity contribution in [3.05, 3.63) is 23.3 Å². The number of aromatic nitrogens is 3. The Morgan fingerprint density at radius 1 is 1.41 bits per heavy atom. The van der Waals surface area contributed by atoms with E-state index in [-0.39, 0.29) is 12.6 Å². The summed E-state index contributed by atoms with van der Waals surface area (Å²) >= 11 is 0.